The van der Waals surface area contributed by atoms with Crippen LogP contribution in [-0.2, 0) is 0 Å². The molecule has 1 N–H and O–H groups in total. The van der Waals surface area contributed by atoms with Gasteiger partial charge in [0.15, 0.2) is 0 Å². The Morgan fingerprint density at radius 2 is 2.17 bits per heavy atom. The van der Waals surface area contributed by atoms with Crippen LogP contribution in [0.1, 0.15) is 15.9 Å². The summed E-state index contributed by atoms with van der Waals surface area (Å²) in [5.74, 6) is 2.18. The Morgan fingerprint density at radius 1 is 1.33 bits per heavy atom. The number of rotatable bonds is 2. The third kappa shape index (κ3) is 2.68. The standard InChI is InChI=1S/C14H9ClN2O/c1-2-10-5-3-6-11(9-10)17-14(18)12-7-4-8-16-13(12)15/h1,3-9H,(H,17,18). The van der Waals surface area contributed by atoms with E-state index in [-0.39, 0.29) is 11.1 Å². The van der Waals surface area contributed by atoms with Crippen molar-refractivity contribution < 1.29 is 4.79 Å². The molecule has 1 amide bonds. The van der Waals surface area contributed by atoms with Gasteiger partial charge in [-0.25, -0.2) is 4.98 Å². The minimum Gasteiger partial charge on any atom is -0.322 e. The maximum Gasteiger partial charge on any atom is 0.258 e. The minimum atomic E-state index is -0.317. The van der Waals surface area contributed by atoms with Crippen LogP contribution in [0.3, 0.4) is 0 Å². The monoisotopic (exact) mass is 256 g/mol. The molecule has 0 bridgehead atoms. The van der Waals surface area contributed by atoms with Gasteiger partial charge in [0.1, 0.15) is 5.15 Å². The van der Waals surface area contributed by atoms with Crippen molar-refractivity contribution in [3.05, 3.63) is 58.9 Å². The molecule has 0 saturated heterocycles. The third-order valence-corrected chi connectivity index (χ3v) is 2.59. The molecule has 18 heavy (non-hydrogen) atoms. The Hall–Kier alpha value is -2.31. The predicted molar refractivity (Wildman–Crippen MR) is 71.6 cm³/mol. The number of halogens is 1. The van der Waals surface area contributed by atoms with Gasteiger partial charge in [0.25, 0.3) is 5.91 Å². The van der Waals surface area contributed by atoms with Crippen molar-refractivity contribution in [1.29, 1.82) is 0 Å². The zero-order valence-corrected chi connectivity index (χ0v) is 10.1. The van der Waals surface area contributed by atoms with Crippen molar-refractivity contribution in [3.8, 4) is 12.3 Å². The summed E-state index contributed by atoms with van der Waals surface area (Å²) in [5, 5.41) is 2.88. The molecule has 0 atom stereocenters. The van der Waals surface area contributed by atoms with Gasteiger partial charge in [-0.3, -0.25) is 4.79 Å². The maximum atomic E-state index is 11.9. The van der Waals surface area contributed by atoms with Crippen molar-refractivity contribution in [2.24, 2.45) is 0 Å². The summed E-state index contributed by atoms with van der Waals surface area (Å²) >= 11 is 5.84. The highest BCUT2D eigenvalue weighted by Crippen LogP contribution is 2.15. The molecule has 0 radical (unpaired) electrons. The third-order valence-electron chi connectivity index (χ3n) is 2.29. The van der Waals surface area contributed by atoms with Gasteiger partial charge in [-0.2, -0.15) is 0 Å². The molecule has 1 heterocycles. The first-order chi connectivity index (χ1) is 8.70. The molecule has 1 aromatic carbocycles. The van der Waals surface area contributed by atoms with Crippen molar-refractivity contribution in [1.82, 2.24) is 4.98 Å². The van der Waals surface area contributed by atoms with Gasteiger partial charge >= 0.3 is 0 Å². The molecule has 3 nitrogen and oxygen atoms in total. The average molecular weight is 257 g/mol. The summed E-state index contributed by atoms with van der Waals surface area (Å²) < 4.78 is 0. The highest BCUT2D eigenvalue weighted by molar-refractivity contribution is 6.33. The lowest BCUT2D eigenvalue weighted by molar-refractivity contribution is 0.102. The molecule has 0 aliphatic carbocycles. The molecule has 4 heteroatoms. The van der Waals surface area contributed by atoms with Crippen LogP contribution in [0.4, 0.5) is 5.69 Å². The highest BCUT2D eigenvalue weighted by atomic mass is 35.5. The fourth-order valence-corrected chi connectivity index (χ4v) is 1.65. The molecule has 0 fully saturated rings. The van der Waals surface area contributed by atoms with Crippen LogP contribution < -0.4 is 5.32 Å². The first-order valence-electron chi connectivity index (χ1n) is 5.19. The van der Waals surface area contributed by atoms with Crippen LogP contribution in [0.15, 0.2) is 42.6 Å². The van der Waals surface area contributed by atoms with Crippen molar-refractivity contribution in [2.45, 2.75) is 0 Å². The second-order valence-corrected chi connectivity index (χ2v) is 3.88. The smallest absolute Gasteiger partial charge is 0.258 e. The molecule has 1 aromatic heterocycles. The number of aromatic nitrogens is 1. The summed E-state index contributed by atoms with van der Waals surface area (Å²) in [7, 11) is 0. The molecule has 0 aliphatic heterocycles. The fraction of sp³-hybridized carbons (Fsp3) is 0. The Kier molecular flexibility index (Phi) is 3.61. The Bertz CT molecular complexity index is 632. The zero-order chi connectivity index (χ0) is 13.0. The van der Waals surface area contributed by atoms with Crippen LogP contribution in [0.2, 0.25) is 5.15 Å². The van der Waals surface area contributed by atoms with Gasteiger partial charge in [-0.1, -0.05) is 23.6 Å². The number of terminal acetylenes is 1. The SMILES string of the molecule is C#Cc1cccc(NC(=O)c2cccnc2Cl)c1. The van der Waals surface area contributed by atoms with E-state index in [2.05, 4.69) is 16.2 Å². The molecule has 2 rings (SSSR count). The normalized spacial score (nSPS) is 9.56. The predicted octanol–water partition coefficient (Wildman–Crippen LogP) is 2.97. The number of nitrogens with one attached hydrogen (secondary N) is 1. The van der Waals surface area contributed by atoms with E-state index >= 15 is 0 Å². The molecule has 0 unspecified atom stereocenters. The number of benzene rings is 1. The number of carbonyl (C=O) groups is 1. The molecule has 0 aliphatic rings. The summed E-state index contributed by atoms with van der Waals surface area (Å²) in [6.07, 6.45) is 6.82. The topological polar surface area (TPSA) is 42.0 Å². The summed E-state index contributed by atoms with van der Waals surface area (Å²) in [4.78, 5) is 15.8. The van der Waals surface area contributed by atoms with Gasteiger partial charge in [0.05, 0.1) is 5.56 Å². The van der Waals surface area contributed by atoms with E-state index in [0.717, 1.165) is 0 Å². The first kappa shape index (κ1) is 12.2. The van der Waals surface area contributed by atoms with E-state index in [0.29, 0.717) is 16.8 Å². The molecular formula is C14H9ClN2O. The lowest BCUT2D eigenvalue weighted by Gasteiger charge is -2.06. The van der Waals surface area contributed by atoms with Gasteiger partial charge < -0.3 is 5.32 Å². The lowest BCUT2D eigenvalue weighted by Crippen LogP contribution is -2.12. The quantitative estimate of drug-likeness (QED) is 0.663. The van der Waals surface area contributed by atoms with Gasteiger partial charge in [0, 0.05) is 17.4 Å². The largest absolute Gasteiger partial charge is 0.322 e. The summed E-state index contributed by atoms with van der Waals surface area (Å²) in [6.45, 7) is 0. The number of anilines is 1. The number of hydrogen-bond acceptors (Lipinski definition) is 2. The lowest BCUT2D eigenvalue weighted by atomic mass is 10.2. The second-order valence-electron chi connectivity index (χ2n) is 3.52. The number of pyridine rings is 1. The maximum absolute atomic E-state index is 11.9. The molecule has 88 valence electrons. The van der Waals surface area contributed by atoms with Crippen molar-refractivity contribution in [3.63, 3.8) is 0 Å². The summed E-state index contributed by atoms with van der Waals surface area (Å²) in [6, 6.07) is 10.3. The highest BCUT2D eigenvalue weighted by Gasteiger charge is 2.10. The van der Waals surface area contributed by atoms with E-state index in [1.54, 1.807) is 36.4 Å². The van der Waals surface area contributed by atoms with Crippen LogP contribution in [0.25, 0.3) is 0 Å². The van der Waals surface area contributed by atoms with E-state index in [4.69, 9.17) is 18.0 Å². The number of carbonyl (C=O) groups excluding carboxylic acids is 1. The zero-order valence-electron chi connectivity index (χ0n) is 9.35. The number of hydrogen-bond donors (Lipinski definition) is 1. The molecular weight excluding hydrogens is 248 g/mol. The molecule has 0 spiro atoms. The second kappa shape index (κ2) is 5.35. The van der Waals surface area contributed by atoms with Crippen LogP contribution in [0.5, 0.6) is 0 Å². The summed E-state index contributed by atoms with van der Waals surface area (Å²) in [5.41, 5.74) is 1.64. The van der Waals surface area contributed by atoms with Crippen LogP contribution in [-0.4, -0.2) is 10.9 Å². The van der Waals surface area contributed by atoms with Crippen LogP contribution in [0, 0.1) is 12.3 Å². The Balaban J connectivity index is 2.22. The number of amides is 1. The van der Waals surface area contributed by atoms with E-state index in [9.17, 15) is 4.79 Å². The van der Waals surface area contributed by atoms with E-state index in [1.165, 1.54) is 6.20 Å². The van der Waals surface area contributed by atoms with Crippen molar-refractivity contribution in [2.75, 3.05) is 5.32 Å². The van der Waals surface area contributed by atoms with Crippen LogP contribution >= 0.6 is 11.6 Å². The van der Waals surface area contributed by atoms with Gasteiger partial charge in [-0.05, 0) is 30.3 Å². The van der Waals surface area contributed by atoms with E-state index < -0.39 is 0 Å². The Morgan fingerprint density at radius 3 is 2.89 bits per heavy atom. The van der Waals surface area contributed by atoms with E-state index in [1.807, 2.05) is 0 Å². The minimum absolute atomic E-state index is 0.170. The van der Waals surface area contributed by atoms with Crippen molar-refractivity contribution >= 4 is 23.2 Å². The first-order valence-corrected chi connectivity index (χ1v) is 5.57. The van der Waals surface area contributed by atoms with Gasteiger partial charge in [-0.15, -0.1) is 6.42 Å². The fourth-order valence-electron chi connectivity index (χ4n) is 1.44. The Labute approximate surface area is 110 Å². The van der Waals surface area contributed by atoms with Gasteiger partial charge in [0.2, 0.25) is 0 Å². The molecule has 2 aromatic rings. The molecule has 0 saturated carbocycles. The number of nitrogens with zero attached hydrogens (tertiary/aromatic N) is 1. The average Bonchev–Trinajstić information content (AvgIpc) is 2.39.